The fourth-order valence-electron chi connectivity index (χ4n) is 1.78. The average molecular weight is 226 g/mol. The van der Waals surface area contributed by atoms with Gasteiger partial charge >= 0.3 is 0 Å². The predicted octanol–water partition coefficient (Wildman–Crippen LogP) is 3.23. The minimum atomic E-state index is 0.566. The molecule has 1 rings (SSSR count). The molecule has 2 heteroatoms. The van der Waals surface area contributed by atoms with Gasteiger partial charge in [0.2, 0.25) is 0 Å². The van der Waals surface area contributed by atoms with Gasteiger partial charge in [0.1, 0.15) is 0 Å². The molecule has 0 bridgehead atoms. The van der Waals surface area contributed by atoms with Crippen molar-refractivity contribution in [1.82, 2.24) is 5.32 Å². The Balaban J connectivity index is 2.43. The zero-order chi connectivity index (χ0) is 10.9. The van der Waals surface area contributed by atoms with E-state index < -0.39 is 0 Å². The Labute approximate surface area is 97.8 Å². The lowest BCUT2D eigenvalue weighted by molar-refractivity contribution is 0.487. The van der Waals surface area contributed by atoms with Crippen LogP contribution in [0.1, 0.15) is 25.3 Å². The van der Waals surface area contributed by atoms with Crippen LogP contribution >= 0.6 is 11.6 Å². The van der Waals surface area contributed by atoms with Gasteiger partial charge in [0, 0.05) is 18.5 Å². The Morgan fingerprint density at radius 1 is 1.27 bits per heavy atom. The molecule has 0 amide bonds. The van der Waals surface area contributed by atoms with Gasteiger partial charge in [-0.2, -0.15) is 0 Å². The first-order valence-electron chi connectivity index (χ1n) is 5.70. The molecule has 1 unspecified atom stereocenters. The minimum Gasteiger partial charge on any atom is -0.312 e. The van der Waals surface area contributed by atoms with E-state index in [1.165, 1.54) is 18.4 Å². The Hall–Kier alpha value is -0.530. The number of alkyl halides is 1. The third-order valence-electron chi connectivity index (χ3n) is 2.49. The number of hydrogen-bond acceptors (Lipinski definition) is 1. The second-order valence-corrected chi connectivity index (χ2v) is 4.20. The summed E-state index contributed by atoms with van der Waals surface area (Å²) in [5.41, 5.74) is 1.40. The van der Waals surface area contributed by atoms with Crippen molar-refractivity contribution in [2.75, 3.05) is 12.4 Å². The molecule has 1 aromatic carbocycles. The molecule has 0 saturated carbocycles. The zero-order valence-corrected chi connectivity index (χ0v) is 10.1. The van der Waals surface area contributed by atoms with Gasteiger partial charge in [0.25, 0.3) is 0 Å². The van der Waals surface area contributed by atoms with Crippen molar-refractivity contribution in [3.05, 3.63) is 35.9 Å². The van der Waals surface area contributed by atoms with Crippen LogP contribution in [0.3, 0.4) is 0 Å². The summed E-state index contributed by atoms with van der Waals surface area (Å²) in [6.45, 7) is 3.12. The van der Waals surface area contributed by atoms with E-state index in [0.717, 1.165) is 13.0 Å². The number of halogens is 1. The van der Waals surface area contributed by atoms with Crippen molar-refractivity contribution in [3.63, 3.8) is 0 Å². The molecule has 0 aliphatic heterocycles. The molecule has 1 N–H and O–H groups in total. The van der Waals surface area contributed by atoms with E-state index in [1.807, 2.05) is 0 Å². The summed E-state index contributed by atoms with van der Waals surface area (Å²) in [6, 6.07) is 11.2. The van der Waals surface area contributed by atoms with Crippen LogP contribution < -0.4 is 5.32 Å². The molecule has 0 spiro atoms. The second-order valence-electron chi connectivity index (χ2n) is 3.82. The van der Waals surface area contributed by atoms with Crippen LogP contribution in [0.2, 0.25) is 0 Å². The quantitative estimate of drug-likeness (QED) is 0.703. The summed E-state index contributed by atoms with van der Waals surface area (Å²) in [5.74, 6) is 0.689. The molecule has 1 atom stereocenters. The molecular formula is C13H20ClN. The van der Waals surface area contributed by atoms with Crippen molar-refractivity contribution < 1.29 is 0 Å². The van der Waals surface area contributed by atoms with Gasteiger partial charge in [-0.25, -0.2) is 0 Å². The lowest BCUT2D eigenvalue weighted by atomic mass is 10.0. The number of nitrogens with one attached hydrogen (secondary N) is 1. The summed E-state index contributed by atoms with van der Waals surface area (Å²) >= 11 is 5.69. The predicted molar refractivity (Wildman–Crippen MR) is 67.6 cm³/mol. The molecule has 1 aromatic rings. The Bertz CT molecular complexity index is 248. The maximum Gasteiger partial charge on any atom is 0.0348 e. The third-order valence-corrected chi connectivity index (χ3v) is 2.68. The van der Waals surface area contributed by atoms with Gasteiger partial charge in [-0.1, -0.05) is 43.7 Å². The van der Waals surface area contributed by atoms with E-state index in [2.05, 4.69) is 42.6 Å². The lowest BCUT2D eigenvalue weighted by Crippen LogP contribution is -2.32. The highest BCUT2D eigenvalue weighted by molar-refractivity contribution is 6.18. The first-order valence-corrected chi connectivity index (χ1v) is 6.23. The molecule has 0 aliphatic rings. The molecule has 0 aromatic heterocycles. The molecule has 15 heavy (non-hydrogen) atoms. The van der Waals surface area contributed by atoms with Crippen LogP contribution in [-0.2, 0) is 6.42 Å². The number of rotatable bonds is 7. The molecule has 84 valence electrons. The van der Waals surface area contributed by atoms with Crippen LogP contribution in [0.4, 0.5) is 0 Å². The van der Waals surface area contributed by atoms with Gasteiger partial charge in [-0.15, -0.1) is 11.6 Å². The zero-order valence-electron chi connectivity index (χ0n) is 9.38. The van der Waals surface area contributed by atoms with Gasteiger partial charge in [-0.3, -0.25) is 0 Å². The van der Waals surface area contributed by atoms with Crippen LogP contribution in [0.15, 0.2) is 30.3 Å². The molecule has 0 fully saturated rings. The van der Waals surface area contributed by atoms with Crippen LogP contribution in [0.5, 0.6) is 0 Å². The average Bonchev–Trinajstić information content (AvgIpc) is 2.28. The normalized spacial score (nSPS) is 12.7. The second kappa shape index (κ2) is 7.72. The van der Waals surface area contributed by atoms with Crippen molar-refractivity contribution >= 4 is 11.6 Å². The van der Waals surface area contributed by atoms with Crippen molar-refractivity contribution in [1.29, 1.82) is 0 Å². The van der Waals surface area contributed by atoms with Crippen molar-refractivity contribution in [2.45, 2.75) is 32.2 Å². The van der Waals surface area contributed by atoms with E-state index in [-0.39, 0.29) is 0 Å². The van der Waals surface area contributed by atoms with E-state index >= 15 is 0 Å². The molecule has 1 nitrogen and oxygen atoms in total. The lowest BCUT2D eigenvalue weighted by Gasteiger charge is -2.17. The molecule has 0 saturated heterocycles. The molecule has 0 aliphatic carbocycles. The first kappa shape index (κ1) is 12.5. The van der Waals surface area contributed by atoms with Crippen LogP contribution in [-0.4, -0.2) is 18.5 Å². The van der Waals surface area contributed by atoms with Gasteiger partial charge < -0.3 is 5.32 Å². The molecular weight excluding hydrogens is 206 g/mol. The van der Waals surface area contributed by atoms with Gasteiger partial charge in [0.05, 0.1) is 0 Å². The third kappa shape index (κ3) is 5.19. The first-order chi connectivity index (χ1) is 7.36. The van der Waals surface area contributed by atoms with Gasteiger partial charge in [0.15, 0.2) is 0 Å². The highest BCUT2D eigenvalue weighted by Gasteiger charge is 2.06. The van der Waals surface area contributed by atoms with E-state index in [1.54, 1.807) is 0 Å². The van der Waals surface area contributed by atoms with E-state index in [0.29, 0.717) is 11.9 Å². The summed E-state index contributed by atoms with van der Waals surface area (Å²) < 4.78 is 0. The minimum absolute atomic E-state index is 0.566. The van der Waals surface area contributed by atoms with Crippen LogP contribution in [0, 0.1) is 0 Å². The summed E-state index contributed by atoms with van der Waals surface area (Å²) in [4.78, 5) is 0. The molecule has 0 heterocycles. The highest BCUT2D eigenvalue weighted by Crippen LogP contribution is 2.07. The van der Waals surface area contributed by atoms with Crippen molar-refractivity contribution in [3.8, 4) is 0 Å². The Kier molecular flexibility index (Phi) is 6.45. The van der Waals surface area contributed by atoms with E-state index in [4.69, 9.17) is 11.6 Å². The largest absolute Gasteiger partial charge is 0.312 e. The topological polar surface area (TPSA) is 12.0 Å². The summed E-state index contributed by atoms with van der Waals surface area (Å²) in [5, 5.41) is 3.49. The monoisotopic (exact) mass is 225 g/mol. The number of hydrogen-bond donors (Lipinski definition) is 1. The SMILES string of the molecule is CCCC(Cc1ccccc1)NCCCl. The van der Waals surface area contributed by atoms with Gasteiger partial charge in [-0.05, 0) is 18.4 Å². The fraction of sp³-hybridized carbons (Fsp3) is 0.538. The molecule has 0 radical (unpaired) electrons. The summed E-state index contributed by atoms with van der Waals surface area (Å²) in [7, 11) is 0. The standard InChI is InChI=1S/C13H20ClN/c1-2-6-13(15-10-9-14)11-12-7-4-3-5-8-12/h3-5,7-8,13,15H,2,6,9-11H2,1H3. The maximum atomic E-state index is 5.69. The Morgan fingerprint density at radius 3 is 2.60 bits per heavy atom. The van der Waals surface area contributed by atoms with Crippen LogP contribution in [0.25, 0.3) is 0 Å². The van der Waals surface area contributed by atoms with E-state index in [9.17, 15) is 0 Å². The highest BCUT2D eigenvalue weighted by atomic mass is 35.5. The smallest absolute Gasteiger partial charge is 0.0348 e. The maximum absolute atomic E-state index is 5.69. The summed E-state index contributed by atoms with van der Waals surface area (Å²) in [6.07, 6.45) is 3.53. The Morgan fingerprint density at radius 2 is 2.00 bits per heavy atom. The van der Waals surface area contributed by atoms with Crippen molar-refractivity contribution in [2.24, 2.45) is 0 Å². The number of benzene rings is 1. The fourth-order valence-corrected chi connectivity index (χ4v) is 1.89.